The summed E-state index contributed by atoms with van der Waals surface area (Å²) in [5, 5.41) is 0.528. The molecule has 11 nitrogen and oxygen atoms in total. The van der Waals surface area contributed by atoms with E-state index in [-0.39, 0.29) is 36.2 Å². The normalized spacial score (nSPS) is 16.9. The van der Waals surface area contributed by atoms with E-state index in [1.165, 1.54) is 22.8 Å². The molecule has 1 amide bonds. The molecular weight excluding hydrogens is 648 g/mol. The van der Waals surface area contributed by atoms with Crippen LogP contribution in [-0.4, -0.2) is 71.7 Å². The fourth-order valence-corrected chi connectivity index (χ4v) is 9.03. The summed E-state index contributed by atoms with van der Waals surface area (Å²) < 4.78 is 54.5. The molecule has 0 unspecified atom stereocenters. The van der Waals surface area contributed by atoms with Crippen molar-refractivity contribution < 1.29 is 21.6 Å². The highest BCUT2D eigenvalue weighted by Crippen LogP contribution is 2.49. The first-order valence-electron chi connectivity index (χ1n) is 14.9. The molecule has 1 spiro atoms. The van der Waals surface area contributed by atoms with E-state index < -0.39 is 25.3 Å². The number of hydrogen-bond acceptors (Lipinski definition) is 8. The van der Waals surface area contributed by atoms with E-state index in [0.717, 1.165) is 16.8 Å². The third-order valence-corrected chi connectivity index (χ3v) is 12.2. The number of rotatable bonds is 8. The van der Waals surface area contributed by atoms with Crippen LogP contribution in [0.2, 0.25) is 5.02 Å². The number of sulfonamides is 1. The number of halogens is 1. The molecule has 0 bridgehead atoms. The van der Waals surface area contributed by atoms with Gasteiger partial charge in [-0.1, -0.05) is 29.8 Å². The Bertz CT molecular complexity index is 2230. The molecule has 0 N–H and O–H groups in total. The van der Waals surface area contributed by atoms with Crippen molar-refractivity contribution >= 4 is 65.1 Å². The lowest BCUT2D eigenvalue weighted by Crippen LogP contribution is -2.50. The summed E-state index contributed by atoms with van der Waals surface area (Å²) in [6, 6.07) is 17.8. The molecule has 14 heteroatoms. The first-order valence-corrected chi connectivity index (χ1v) is 18.8. The molecule has 4 heterocycles. The number of aryl methyl sites for hydroxylation is 1. The van der Waals surface area contributed by atoms with Gasteiger partial charge in [0.05, 0.1) is 44.7 Å². The summed E-state index contributed by atoms with van der Waals surface area (Å²) in [4.78, 5) is 29.6. The minimum atomic E-state index is -3.83. The summed E-state index contributed by atoms with van der Waals surface area (Å²) in [5.74, 6) is 0.546. The van der Waals surface area contributed by atoms with Gasteiger partial charge in [-0.3, -0.25) is 14.8 Å². The van der Waals surface area contributed by atoms with Crippen molar-refractivity contribution in [3.05, 3.63) is 89.5 Å². The highest BCUT2D eigenvalue weighted by atomic mass is 35.5. The molecular formula is C32H31ClN6O5S2. The number of benzene rings is 3. The van der Waals surface area contributed by atoms with Crippen molar-refractivity contribution in [2.24, 2.45) is 0 Å². The number of amides is 1. The fourth-order valence-electron chi connectivity index (χ4n) is 6.75. The number of fused-ring (bicyclic) bond motifs is 4. The Balaban J connectivity index is 1.17. The van der Waals surface area contributed by atoms with Crippen molar-refractivity contribution in [2.45, 2.75) is 42.7 Å². The number of carbonyl (C=O) groups excluding carboxylic acids is 1. The predicted molar refractivity (Wildman–Crippen MR) is 176 cm³/mol. The van der Waals surface area contributed by atoms with E-state index in [2.05, 4.69) is 9.97 Å². The molecule has 2 aliphatic rings. The lowest BCUT2D eigenvalue weighted by Gasteiger charge is -2.37. The second-order valence-electron chi connectivity index (χ2n) is 11.9. The first kappa shape index (κ1) is 30.7. The standard InChI is InChI=1S/C32H31ClN6O5S2/c1-45(41,42)18-4-15-38-29-10-7-22(33)19-27(29)36-30(38)21-39-28-6-3-2-5-24(28)32(31(39)40)11-16-37(17-12-32)46(43,44)23-8-9-25-26(20-23)35-14-13-34-25/h2-3,5-10,13-14,19-20H,4,11-12,15-18,21H2,1H3. The molecule has 2 aromatic heterocycles. The molecule has 3 aromatic carbocycles. The molecule has 0 atom stereocenters. The second-order valence-corrected chi connectivity index (χ2v) is 16.5. The van der Waals surface area contributed by atoms with Crippen molar-refractivity contribution in [1.29, 1.82) is 0 Å². The Kier molecular flexibility index (Phi) is 7.62. The van der Waals surface area contributed by atoms with Crippen LogP contribution in [0.25, 0.3) is 22.1 Å². The molecule has 0 aliphatic carbocycles. The Morgan fingerprint density at radius 3 is 2.39 bits per heavy atom. The maximum atomic E-state index is 14.4. The van der Waals surface area contributed by atoms with Crippen molar-refractivity contribution in [2.75, 3.05) is 30.0 Å². The third kappa shape index (κ3) is 5.34. The maximum Gasteiger partial charge on any atom is 0.243 e. The zero-order valence-electron chi connectivity index (χ0n) is 25.0. The van der Waals surface area contributed by atoms with E-state index in [0.29, 0.717) is 53.2 Å². The van der Waals surface area contributed by atoms with Gasteiger partial charge in [-0.05, 0) is 67.3 Å². The summed E-state index contributed by atoms with van der Waals surface area (Å²) >= 11 is 6.27. The van der Waals surface area contributed by atoms with Gasteiger partial charge in [-0.2, -0.15) is 4.31 Å². The van der Waals surface area contributed by atoms with Crippen LogP contribution in [0.5, 0.6) is 0 Å². The number of aromatic nitrogens is 4. The largest absolute Gasteiger partial charge is 0.326 e. The number of anilines is 1. The van der Waals surface area contributed by atoms with Gasteiger partial charge >= 0.3 is 0 Å². The van der Waals surface area contributed by atoms with Crippen molar-refractivity contribution in [3.63, 3.8) is 0 Å². The molecule has 1 fully saturated rings. The number of carbonyl (C=O) groups is 1. The number of nitrogens with zero attached hydrogens (tertiary/aromatic N) is 6. The monoisotopic (exact) mass is 678 g/mol. The lowest BCUT2D eigenvalue weighted by molar-refractivity contribution is -0.124. The SMILES string of the molecule is CS(=O)(=O)CCCn1c(CN2C(=O)C3(CCN(S(=O)(=O)c4ccc5nccnc5c4)CC3)c3ccccc32)nc2cc(Cl)ccc21. The van der Waals surface area contributed by atoms with Crippen LogP contribution in [0.3, 0.4) is 0 Å². The number of sulfone groups is 1. The second kappa shape index (κ2) is 11.4. The Labute approximate surface area is 271 Å². The number of hydrogen-bond donors (Lipinski definition) is 0. The van der Waals surface area contributed by atoms with Crippen LogP contribution in [0.15, 0.2) is 78.0 Å². The van der Waals surface area contributed by atoms with E-state index in [1.54, 1.807) is 35.4 Å². The van der Waals surface area contributed by atoms with Crippen LogP contribution >= 0.6 is 11.6 Å². The molecule has 5 aromatic rings. The minimum absolute atomic E-state index is 0.0281. The highest BCUT2D eigenvalue weighted by molar-refractivity contribution is 7.90. The summed E-state index contributed by atoms with van der Waals surface area (Å²) in [5.41, 5.74) is 3.34. The Hall–Kier alpha value is -3.91. The Morgan fingerprint density at radius 1 is 0.891 bits per heavy atom. The highest BCUT2D eigenvalue weighted by Gasteiger charge is 2.53. The van der Waals surface area contributed by atoms with Gasteiger partial charge in [-0.25, -0.2) is 21.8 Å². The Morgan fingerprint density at radius 2 is 1.63 bits per heavy atom. The average molecular weight is 679 g/mol. The zero-order valence-corrected chi connectivity index (χ0v) is 27.4. The van der Waals surface area contributed by atoms with Gasteiger partial charge in [0.2, 0.25) is 15.9 Å². The molecule has 1 saturated heterocycles. The zero-order chi connectivity index (χ0) is 32.3. The maximum absolute atomic E-state index is 14.4. The smallest absolute Gasteiger partial charge is 0.243 e. The molecule has 7 rings (SSSR count). The molecule has 2 aliphatic heterocycles. The van der Waals surface area contributed by atoms with Gasteiger partial charge in [0.25, 0.3) is 0 Å². The van der Waals surface area contributed by atoms with Gasteiger partial charge in [-0.15, -0.1) is 0 Å². The van der Waals surface area contributed by atoms with Crippen LogP contribution in [0.4, 0.5) is 5.69 Å². The van der Waals surface area contributed by atoms with Gasteiger partial charge < -0.3 is 9.47 Å². The quantitative estimate of drug-likeness (QED) is 0.237. The predicted octanol–water partition coefficient (Wildman–Crippen LogP) is 4.34. The summed E-state index contributed by atoms with van der Waals surface area (Å²) in [7, 11) is -6.98. The third-order valence-electron chi connectivity index (χ3n) is 9.01. The van der Waals surface area contributed by atoms with Crippen molar-refractivity contribution in [1.82, 2.24) is 23.8 Å². The fraction of sp³-hybridized carbons (Fsp3) is 0.312. The van der Waals surface area contributed by atoms with Gasteiger partial charge in [0, 0.05) is 49.0 Å². The van der Waals surface area contributed by atoms with Crippen LogP contribution in [0.1, 0.15) is 30.7 Å². The minimum Gasteiger partial charge on any atom is -0.326 e. The molecule has 238 valence electrons. The first-order chi connectivity index (χ1) is 22.0. The number of piperidine rings is 1. The van der Waals surface area contributed by atoms with Crippen molar-refractivity contribution in [3.8, 4) is 0 Å². The van der Waals surface area contributed by atoms with E-state index in [1.807, 2.05) is 34.9 Å². The topological polar surface area (TPSA) is 135 Å². The van der Waals surface area contributed by atoms with Gasteiger partial charge in [0.1, 0.15) is 15.7 Å². The van der Waals surface area contributed by atoms with Crippen LogP contribution < -0.4 is 4.90 Å². The molecule has 0 radical (unpaired) electrons. The van der Waals surface area contributed by atoms with E-state index >= 15 is 0 Å². The average Bonchev–Trinajstić information content (AvgIpc) is 3.48. The van der Waals surface area contributed by atoms with Gasteiger partial charge in [0.15, 0.2) is 0 Å². The number of para-hydroxylation sites is 1. The lowest BCUT2D eigenvalue weighted by atomic mass is 9.74. The number of imidazole rings is 1. The molecule has 46 heavy (non-hydrogen) atoms. The van der Waals surface area contributed by atoms with Crippen LogP contribution in [0, 0.1) is 0 Å². The summed E-state index contributed by atoms with van der Waals surface area (Å²) in [6.45, 7) is 0.931. The summed E-state index contributed by atoms with van der Waals surface area (Å²) in [6.07, 6.45) is 5.34. The van der Waals surface area contributed by atoms with E-state index in [9.17, 15) is 21.6 Å². The van der Waals surface area contributed by atoms with Crippen LogP contribution in [-0.2, 0) is 43.2 Å². The van der Waals surface area contributed by atoms with E-state index in [4.69, 9.17) is 16.6 Å². The molecule has 0 saturated carbocycles.